The van der Waals surface area contributed by atoms with Gasteiger partial charge in [-0.3, -0.25) is 19.3 Å². The van der Waals surface area contributed by atoms with Crippen molar-refractivity contribution in [1.82, 2.24) is 9.80 Å². The Morgan fingerprint density at radius 3 is 2.37 bits per heavy atom. The van der Waals surface area contributed by atoms with E-state index in [1.807, 2.05) is 19.0 Å². The van der Waals surface area contributed by atoms with Gasteiger partial charge in [0.1, 0.15) is 22.8 Å². The third-order valence-corrected chi connectivity index (χ3v) is 8.84. The quantitative estimate of drug-likeness (QED) is 0.196. The molecule has 206 valence electrons. The average molecular weight is 548 g/mol. The van der Waals surface area contributed by atoms with Crippen LogP contribution in [0.3, 0.4) is 0 Å². The Morgan fingerprint density at radius 1 is 1.13 bits per heavy atom. The number of aliphatic hydroxyl groups excluding tert-OH is 3. The van der Waals surface area contributed by atoms with Crippen molar-refractivity contribution < 1.29 is 39.9 Å². The Hall–Kier alpha value is -2.90. The summed E-state index contributed by atoms with van der Waals surface area (Å²) in [4.78, 5) is 42.8. The molecule has 0 heterocycles. The summed E-state index contributed by atoms with van der Waals surface area (Å²) in [5.74, 6) is -7.76. The lowest BCUT2D eigenvalue weighted by atomic mass is 9.54. The Labute approximate surface area is 224 Å². The SMILES string of the molecule is CN(C)CCSC[C@H]1c2cccc(O)c2C(O)=C2C(=O)[C@]3(O)C(O)=C(C(N)=O)C(=O)[C@@H](N(C)C)[C@@H]3[C@@H](O)[C@@H]21. The number of primary amides is 1. The van der Waals surface area contributed by atoms with Crippen molar-refractivity contribution in [3.05, 3.63) is 46.2 Å². The standard InChI is InChI=1S/C26H33N3O8S/c1-28(2)8-9-38-10-12-11-6-5-7-13(30)14(11)20(31)16-15(12)21(32)18-19(29(3)4)22(33)17(25(27)36)24(35)26(18,37)23(16)34/h5-7,12,15,18-19,21,30-32,35,37H,8-10H2,1-4H3,(H2,27,36)/t12-,15+,18+,19-,21-,26-/m0/s1. The highest BCUT2D eigenvalue weighted by molar-refractivity contribution is 7.99. The predicted molar refractivity (Wildman–Crippen MR) is 141 cm³/mol. The Bertz CT molecular complexity index is 1260. The number of aromatic hydroxyl groups is 1. The molecule has 3 aliphatic carbocycles. The average Bonchev–Trinajstić information content (AvgIpc) is 2.82. The van der Waals surface area contributed by atoms with E-state index in [0.717, 1.165) is 12.3 Å². The zero-order valence-electron chi connectivity index (χ0n) is 21.6. The van der Waals surface area contributed by atoms with Crippen LogP contribution in [0.2, 0.25) is 0 Å². The number of thioether (sulfide) groups is 1. The second-order valence-corrected chi connectivity index (χ2v) is 11.6. The second-order valence-electron chi connectivity index (χ2n) is 10.5. The number of fused-ring (bicyclic) bond motifs is 3. The van der Waals surface area contributed by atoms with Crippen LogP contribution in [0.1, 0.15) is 17.0 Å². The van der Waals surface area contributed by atoms with Gasteiger partial charge in [0.2, 0.25) is 5.78 Å². The Morgan fingerprint density at radius 2 is 1.79 bits per heavy atom. The van der Waals surface area contributed by atoms with Gasteiger partial charge in [-0.2, -0.15) is 11.8 Å². The molecule has 0 aliphatic heterocycles. The number of carbonyl (C=O) groups excluding carboxylic acids is 3. The van der Waals surface area contributed by atoms with Crippen molar-refractivity contribution >= 4 is 35.0 Å². The molecule has 12 heteroatoms. The molecule has 3 aliphatic rings. The third-order valence-electron chi connectivity index (χ3n) is 7.78. The molecule has 38 heavy (non-hydrogen) atoms. The van der Waals surface area contributed by atoms with Gasteiger partial charge >= 0.3 is 0 Å². The van der Waals surface area contributed by atoms with Crippen molar-refractivity contribution in [3.63, 3.8) is 0 Å². The van der Waals surface area contributed by atoms with E-state index in [2.05, 4.69) is 0 Å². The van der Waals surface area contributed by atoms with Gasteiger partial charge in [0.25, 0.3) is 5.91 Å². The van der Waals surface area contributed by atoms with E-state index in [1.165, 1.54) is 25.1 Å². The number of aliphatic hydroxyl groups is 4. The lowest BCUT2D eigenvalue weighted by molar-refractivity contribution is -0.169. The maximum atomic E-state index is 14.1. The first-order valence-electron chi connectivity index (χ1n) is 12.1. The number of carbonyl (C=O) groups is 3. The third kappa shape index (κ3) is 4.02. The molecule has 1 aromatic rings. The molecular formula is C26H33N3O8S. The number of hydrogen-bond donors (Lipinski definition) is 6. The van der Waals surface area contributed by atoms with Gasteiger partial charge in [-0.25, -0.2) is 0 Å². The van der Waals surface area contributed by atoms with Crippen LogP contribution in [-0.4, -0.2) is 117 Å². The summed E-state index contributed by atoms with van der Waals surface area (Å²) in [6.07, 6.45) is -1.61. The van der Waals surface area contributed by atoms with Gasteiger partial charge in [-0.1, -0.05) is 12.1 Å². The van der Waals surface area contributed by atoms with Crippen LogP contribution < -0.4 is 5.73 Å². The molecule has 0 radical (unpaired) electrons. The van der Waals surface area contributed by atoms with Crippen molar-refractivity contribution in [1.29, 1.82) is 0 Å². The molecule has 0 saturated heterocycles. The molecule has 11 nitrogen and oxygen atoms in total. The number of ketones is 2. The smallest absolute Gasteiger partial charge is 0.255 e. The fraction of sp³-hybridized carbons (Fsp3) is 0.500. The number of phenolic OH excluding ortho intramolecular Hbond substituents is 1. The van der Waals surface area contributed by atoms with Gasteiger partial charge in [0, 0.05) is 35.5 Å². The number of Topliss-reactive ketones (excluding diaryl/α,β-unsaturated/α-hetero) is 2. The lowest BCUT2D eigenvalue weighted by Gasteiger charge is -2.54. The topological polar surface area (TPSA) is 185 Å². The number of amides is 1. The maximum absolute atomic E-state index is 14.1. The summed E-state index contributed by atoms with van der Waals surface area (Å²) in [6.45, 7) is 0.762. The lowest BCUT2D eigenvalue weighted by Crippen LogP contribution is -2.70. The molecule has 1 aromatic carbocycles. The number of phenols is 1. The van der Waals surface area contributed by atoms with Crippen LogP contribution in [0.5, 0.6) is 5.75 Å². The molecule has 1 saturated carbocycles. The second kappa shape index (κ2) is 10.0. The molecule has 6 atom stereocenters. The molecule has 7 N–H and O–H groups in total. The van der Waals surface area contributed by atoms with Crippen LogP contribution in [-0.2, 0) is 14.4 Å². The highest BCUT2D eigenvalue weighted by atomic mass is 32.2. The summed E-state index contributed by atoms with van der Waals surface area (Å²) in [7, 11) is 6.82. The van der Waals surface area contributed by atoms with E-state index in [9.17, 15) is 39.9 Å². The number of nitrogens with zero attached hydrogens (tertiary/aromatic N) is 2. The fourth-order valence-electron chi connectivity index (χ4n) is 6.05. The minimum absolute atomic E-state index is 0.00537. The zero-order valence-corrected chi connectivity index (χ0v) is 22.4. The Balaban J connectivity index is 1.95. The molecule has 1 fully saturated rings. The number of hydrogen-bond acceptors (Lipinski definition) is 11. The van der Waals surface area contributed by atoms with Gasteiger partial charge in [-0.15, -0.1) is 0 Å². The monoisotopic (exact) mass is 547 g/mol. The van der Waals surface area contributed by atoms with Crippen molar-refractivity contribution in [2.24, 2.45) is 17.6 Å². The number of rotatable bonds is 7. The minimum atomic E-state index is -2.92. The molecule has 0 aromatic heterocycles. The molecule has 0 spiro atoms. The van der Waals surface area contributed by atoms with Crippen LogP contribution in [0.4, 0.5) is 0 Å². The van der Waals surface area contributed by atoms with Gasteiger partial charge < -0.3 is 36.2 Å². The summed E-state index contributed by atoms with van der Waals surface area (Å²) in [5, 5.41) is 56.5. The molecular weight excluding hydrogens is 514 g/mol. The van der Waals surface area contributed by atoms with Crippen molar-refractivity contribution in [2.75, 3.05) is 46.2 Å². The summed E-state index contributed by atoms with van der Waals surface area (Å²) < 4.78 is 0. The van der Waals surface area contributed by atoms with Crippen LogP contribution >= 0.6 is 11.8 Å². The molecule has 1 amide bonds. The minimum Gasteiger partial charge on any atom is -0.508 e. The Kier molecular flexibility index (Phi) is 7.40. The molecule has 4 rings (SSSR count). The van der Waals surface area contributed by atoms with Crippen molar-refractivity contribution in [3.8, 4) is 5.75 Å². The summed E-state index contributed by atoms with van der Waals surface area (Å²) in [5.41, 5.74) is 1.61. The fourth-order valence-corrected chi connectivity index (χ4v) is 7.35. The van der Waals surface area contributed by atoms with E-state index in [4.69, 9.17) is 5.73 Å². The number of likely N-dealkylation sites (N-methyl/N-ethyl adjacent to an activating group) is 1. The molecule has 0 bridgehead atoms. The van der Waals surface area contributed by atoms with E-state index in [0.29, 0.717) is 11.3 Å². The highest BCUT2D eigenvalue weighted by Gasteiger charge is 2.68. The first kappa shape index (κ1) is 28.1. The van der Waals surface area contributed by atoms with E-state index < -0.39 is 70.1 Å². The normalized spacial score (nSPS) is 31.0. The number of benzene rings is 1. The van der Waals surface area contributed by atoms with E-state index in [-0.39, 0.29) is 16.9 Å². The van der Waals surface area contributed by atoms with E-state index >= 15 is 0 Å². The van der Waals surface area contributed by atoms with Crippen LogP contribution in [0, 0.1) is 11.8 Å². The van der Waals surface area contributed by atoms with Crippen LogP contribution in [0.15, 0.2) is 35.1 Å². The van der Waals surface area contributed by atoms with Crippen molar-refractivity contribution in [2.45, 2.75) is 23.7 Å². The first-order chi connectivity index (χ1) is 17.8. The number of nitrogens with two attached hydrogens (primary N) is 1. The van der Waals surface area contributed by atoms with Gasteiger partial charge in [0.05, 0.1) is 23.6 Å². The van der Waals surface area contributed by atoms with Gasteiger partial charge in [0.15, 0.2) is 11.4 Å². The molecule has 0 unspecified atom stereocenters. The first-order valence-corrected chi connectivity index (χ1v) is 13.3. The largest absolute Gasteiger partial charge is 0.508 e. The highest BCUT2D eigenvalue weighted by Crippen LogP contribution is 2.56. The predicted octanol–water partition coefficient (Wildman–Crippen LogP) is -0.229. The summed E-state index contributed by atoms with van der Waals surface area (Å²) in [6, 6.07) is 3.25. The zero-order chi connectivity index (χ0) is 28.3. The van der Waals surface area contributed by atoms with E-state index in [1.54, 1.807) is 23.9 Å². The maximum Gasteiger partial charge on any atom is 0.255 e. The summed E-state index contributed by atoms with van der Waals surface area (Å²) >= 11 is 1.55. The van der Waals surface area contributed by atoms with Gasteiger partial charge in [-0.05, 0) is 39.8 Å². The van der Waals surface area contributed by atoms with Crippen LogP contribution in [0.25, 0.3) is 5.76 Å².